The lowest BCUT2D eigenvalue weighted by Crippen LogP contribution is -2.02. The van der Waals surface area contributed by atoms with Crippen LogP contribution in [0.4, 0.5) is 0 Å². The smallest absolute Gasteiger partial charge is 0.330 e. The summed E-state index contributed by atoms with van der Waals surface area (Å²) in [4.78, 5) is 23.1. The van der Waals surface area contributed by atoms with Gasteiger partial charge in [0.15, 0.2) is 5.78 Å². The molecule has 0 aromatic heterocycles. The zero-order valence-electron chi connectivity index (χ0n) is 11.9. The molecule has 0 amide bonds. The number of benzene rings is 1. The van der Waals surface area contributed by atoms with Crippen LogP contribution in [0.2, 0.25) is 0 Å². The van der Waals surface area contributed by atoms with Crippen LogP contribution in [0.1, 0.15) is 36.5 Å². The highest BCUT2D eigenvalue weighted by Gasteiger charge is 2.10. The van der Waals surface area contributed by atoms with Crippen molar-refractivity contribution in [3.05, 3.63) is 42.0 Å². The molecule has 4 heteroatoms. The number of carbonyl (C=O) groups is 2. The third-order valence-corrected chi connectivity index (χ3v) is 2.72. The van der Waals surface area contributed by atoms with Crippen molar-refractivity contribution in [1.82, 2.24) is 0 Å². The van der Waals surface area contributed by atoms with Crippen molar-refractivity contribution in [1.29, 1.82) is 0 Å². The van der Waals surface area contributed by atoms with Crippen LogP contribution in [-0.2, 0) is 9.53 Å². The van der Waals surface area contributed by atoms with E-state index in [1.54, 1.807) is 32.2 Å². The van der Waals surface area contributed by atoms with Gasteiger partial charge in [0, 0.05) is 12.5 Å². The Hall–Kier alpha value is -2.10. The van der Waals surface area contributed by atoms with E-state index >= 15 is 0 Å². The molecule has 0 aliphatic carbocycles. The number of rotatable bonds is 8. The minimum Gasteiger partial charge on any atom is -0.496 e. The van der Waals surface area contributed by atoms with Crippen molar-refractivity contribution < 1.29 is 19.1 Å². The van der Waals surface area contributed by atoms with Crippen LogP contribution in [0.15, 0.2) is 36.4 Å². The van der Waals surface area contributed by atoms with Crippen LogP contribution in [0.25, 0.3) is 0 Å². The van der Waals surface area contributed by atoms with Gasteiger partial charge in [-0.3, -0.25) is 4.79 Å². The first-order valence-corrected chi connectivity index (χ1v) is 6.68. The number of methoxy groups -OCH3 is 1. The Balaban J connectivity index is 2.39. The lowest BCUT2D eigenvalue weighted by molar-refractivity contribution is -0.137. The predicted octanol–water partition coefficient (Wildman–Crippen LogP) is 3.17. The summed E-state index contributed by atoms with van der Waals surface area (Å²) in [6.07, 6.45) is 4.91. The van der Waals surface area contributed by atoms with E-state index in [1.165, 1.54) is 6.08 Å². The number of unbranched alkanes of at least 4 members (excludes halogenated alkanes) is 1. The van der Waals surface area contributed by atoms with Gasteiger partial charge in [-0.15, -0.1) is 0 Å². The van der Waals surface area contributed by atoms with Crippen molar-refractivity contribution >= 4 is 11.8 Å². The molecule has 0 bridgehead atoms. The number of carbonyl (C=O) groups excluding carboxylic acids is 2. The lowest BCUT2D eigenvalue weighted by Gasteiger charge is -2.06. The summed E-state index contributed by atoms with van der Waals surface area (Å²) in [5, 5.41) is 0. The maximum Gasteiger partial charge on any atom is 0.330 e. The van der Waals surface area contributed by atoms with Gasteiger partial charge in [-0.1, -0.05) is 18.2 Å². The number of esters is 1. The first-order chi connectivity index (χ1) is 9.69. The summed E-state index contributed by atoms with van der Waals surface area (Å²) in [7, 11) is 1.55. The molecule has 0 saturated heterocycles. The zero-order chi connectivity index (χ0) is 14.8. The molecule has 20 heavy (non-hydrogen) atoms. The first-order valence-electron chi connectivity index (χ1n) is 6.68. The van der Waals surface area contributed by atoms with Gasteiger partial charge in [-0.2, -0.15) is 0 Å². The largest absolute Gasteiger partial charge is 0.496 e. The Kier molecular flexibility index (Phi) is 7.11. The van der Waals surface area contributed by atoms with Crippen LogP contribution in [-0.4, -0.2) is 25.5 Å². The van der Waals surface area contributed by atoms with Gasteiger partial charge < -0.3 is 9.47 Å². The van der Waals surface area contributed by atoms with Gasteiger partial charge in [0.2, 0.25) is 0 Å². The average molecular weight is 276 g/mol. The molecule has 0 aliphatic heterocycles. The normalized spacial score (nSPS) is 10.5. The summed E-state index contributed by atoms with van der Waals surface area (Å²) >= 11 is 0. The van der Waals surface area contributed by atoms with Crippen LogP contribution in [0, 0.1) is 0 Å². The maximum absolute atomic E-state index is 12.0. The first kappa shape index (κ1) is 16.0. The highest BCUT2D eigenvalue weighted by molar-refractivity contribution is 5.98. The molecule has 1 aromatic carbocycles. The molecule has 108 valence electrons. The van der Waals surface area contributed by atoms with Gasteiger partial charge in [0.05, 0.1) is 19.3 Å². The maximum atomic E-state index is 12.0. The summed E-state index contributed by atoms with van der Waals surface area (Å²) in [5.74, 6) is 0.301. The summed E-state index contributed by atoms with van der Waals surface area (Å²) in [6.45, 7) is 2.13. The number of allylic oxidation sites excluding steroid dienone is 1. The third kappa shape index (κ3) is 5.26. The average Bonchev–Trinajstić information content (AvgIpc) is 2.47. The van der Waals surface area contributed by atoms with Crippen LogP contribution < -0.4 is 4.74 Å². The second-order valence-corrected chi connectivity index (χ2v) is 4.17. The molecular formula is C16H20O4. The minimum absolute atomic E-state index is 0.0481. The quantitative estimate of drug-likeness (QED) is 0.317. The Morgan fingerprint density at radius 1 is 1.25 bits per heavy atom. The van der Waals surface area contributed by atoms with Crippen molar-refractivity contribution in [3.8, 4) is 5.75 Å². The van der Waals surface area contributed by atoms with E-state index in [1.807, 2.05) is 12.1 Å². The number of para-hydroxylation sites is 1. The number of hydrogen-bond acceptors (Lipinski definition) is 4. The molecule has 0 saturated carbocycles. The molecule has 0 spiro atoms. The molecule has 0 N–H and O–H groups in total. The highest BCUT2D eigenvalue weighted by atomic mass is 16.5. The van der Waals surface area contributed by atoms with Crippen molar-refractivity contribution in [2.24, 2.45) is 0 Å². The predicted molar refractivity (Wildman–Crippen MR) is 76.9 cm³/mol. The summed E-state index contributed by atoms with van der Waals surface area (Å²) in [6, 6.07) is 7.18. The van der Waals surface area contributed by atoms with Gasteiger partial charge in [0.1, 0.15) is 5.75 Å². The Bertz CT molecular complexity index is 477. The molecule has 0 aliphatic rings. The van der Waals surface area contributed by atoms with E-state index < -0.39 is 0 Å². The van der Waals surface area contributed by atoms with E-state index in [2.05, 4.69) is 0 Å². The SMILES string of the molecule is CCOC(=O)/C=C/CCCC(=O)c1ccccc1OC. The molecule has 0 radical (unpaired) electrons. The fourth-order valence-corrected chi connectivity index (χ4v) is 1.76. The second-order valence-electron chi connectivity index (χ2n) is 4.17. The molecule has 1 aromatic rings. The number of ether oxygens (including phenoxy) is 2. The number of hydrogen-bond donors (Lipinski definition) is 0. The summed E-state index contributed by atoms with van der Waals surface area (Å²) < 4.78 is 9.92. The van der Waals surface area contributed by atoms with Gasteiger partial charge in [-0.25, -0.2) is 4.79 Å². The van der Waals surface area contributed by atoms with E-state index in [-0.39, 0.29) is 11.8 Å². The Morgan fingerprint density at radius 2 is 2.00 bits per heavy atom. The van der Waals surface area contributed by atoms with Crippen molar-refractivity contribution in [3.63, 3.8) is 0 Å². The van der Waals surface area contributed by atoms with Crippen LogP contribution >= 0.6 is 0 Å². The lowest BCUT2D eigenvalue weighted by atomic mass is 10.0. The molecule has 0 heterocycles. The fourth-order valence-electron chi connectivity index (χ4n) is 1.76. The molecule has 4 nitrogen and oxygen atoms in total. The highest BCUT2D eigenvalue weighted by Crippen LogP contribution is 2.19. The van der Waals surface area contributed by atoms with Gasteiger partial charge in [0.25, 0.3) is 0 Å². The fraction of sp³-hybridized carbons (Fsp3) is 0.375. The second kappa shape index (κ2) is 8.91. The molecular weight excluding hydrogens is 256 g/mol. The minimum atomic E-state index is -0.344. The number of ketones is 1. The van der Waals surface area contributed by atoms with Crippen LogP contribution in [0.3, 0.4) is 0 Å². The van der Waals surface area contributed by atoms with E-state index in [4.69, 9.17) is 9.47 Å². The zero-order valence-corrected chi connectivity index (χ0v) is 11.9. The topological polar surface area (TPSA) is 52.6 Å². The van der Waals surface area contributed by atoms with E-state index in [0.717, 1.165) is 0 Å². The van der Waals surface area contributed by atoms with Gasteiger partial charge >= 0.3 is 5.97 Å². The standard InChI is InChI=1S/C16H20O4/c1-3-20-16(18)12-6-4-5-10-14(17)13-9-7-8-11-15(13)19-2/h6-9,11-12H,3-5,10H2,1-2H3/b12-6+. The Labute approximate surface area is 119 Å². The monoisotopic (exact) mass is 276 g/mol. The molecule has 0 atom stereocenters. The van der Waals surface area contributed by atoms with E-state index in [0.29, 0.717) is 37.2 Å². The van der Waals surface area contributed by atoms with Crippen molar-refractivity contribution in [2.75, 3.05) is 13.7 Å². The van der Waals surface area contributed by atoms with E-state index in [9.17, 15) is 9.59 Å². The van der Waals surface area contributed by atoms with Crippen molar-refractivity contribution in [2.45, 2.75) is 26.2 Å². The van der Waals surface area contributed by atoms with Crippen LogP contribution in [0.5, 0.6) is 5.75 Å². The molecule has 1 rings (SSSR count). The van der Waals surface area contributed by atoms with Gasteiger partial charge in [-0.05, 0) is 31.9 Å². The third-order valence-electron chi connectivity index (χ3n) is 2.72. The molecule has 0 fully saturated rings. The summed E-state index contributed by atoms with van der Waals surface area (Å²) in [5.41, 5.74) is 0.601. The molecule has 0 unspecified atom stereocenters. The number of Topliss-reactive ketones (excluding diaryl/α,β-unsaturated/α-hetero) is 1. The Morgan fingerprint density at radius 3 is 2.70 bits per heavy atom.